The molecule has 2 aromatic carbocycles. The van der Waals surface area contributed by atoms with Gasteiger partial charge in [0.05, 0.1) is 10.6 Å². The Hall–Kier alpha value is -2.67. The number of rotatable bonds is 5. The van der Waals surface area contributed by atoms with Crippen molar-refractivity contribution < 1.29 is 18.0 Å². The van der Waals surface area contributed by atoms with Gasteiger partial charge < -0.3 is 10.2 Å². The highest BCUT2D eigenvalue weighted by Gasteiger charge is 2.23. The summed E-state index contributed by atoms with van der Waals surface area (Å²) in [4.78, 5) is 25.8. The van der Waals surface area contributed by atoms with Gasteiger partial charge in [-0.1, -0.05) is 23.8 Å². The van der Waals surface area contributed by atoms with E-state index in [1.54, 1.807) is 41.3 Å². The fourth-order valence-electron chi connectivity index (χ4n) is 3.10. The number of anilines is 2. The maximum atomic E-state index is 12.3. The molecule has 0 radical (unpaired) electrons. The largest absolute Gasteiger partial charge is 0.326 e. The first-order valence-electron chi connectivity index (χ1n) is 8.76. The van der Waals surface area contributed by atoms with Crippen molar-refractivity contribution in [1.82, 2.24) is 0 Å². The number of fused-ring (bicyclic) bond motifs is 1. The molecule has 2 amide bonds. The molecular formula is C20H22N2O4S. The molecule has 0 fully saturated rings. The average Bonchev–Trinajstić information content (AvgIpc) is 3.04. The molecule has 0 saturated carbocycles. The molecule has 0 bridgehead atoms. The van der Waals surface area contributed by atoms with Crippen LogP contribution in [0.4, 0.5) is 11.4 Å². The zero-order chi connectivity index (χ0) is 19.6. The average molecular weight is 386 g/mol. The molecule has 0 aliphatic carbocycles. The Kier molecular flexibility index (Phi) is 5.32. The Morgan fingerprint density at radius 3 is 2.48 bits per heavy atom. The summed E-state index contributed by atoms with van der Waals surface area (Å²) >= 11 is 0. The molecule has 0 spiro atoms. The molecule has 27 heavy (non-hydrogen) atoms. The van der Waals surface area contributed by atoms with Crippen LogP contribution < -0.4 is 10.2 Å². The number of sulfone groups is 1. The first kappa shape index (κ1) is 19.1. The molecule has 142 valence electrons. The highest BCUT2D eigenvalue weighted by Crippen LogP contribution is 2.31. The van der Waals surface area contributed by atoms with Crippen molar-refractivity contribution in [2.75, 3.05) is 22.5 Å². The lowest BCUT2D eigenvalue weighted by molar-refractivity contribution is -0.117. The van der Waals surface area contributed by atoms with Crippen molar-refractivity contribution in [3.05, 3.63) is 53.6 Å². The Balaban J connectivity index is 1.64. The van der Waals surface area contributed by atoms with Crippen molar-refractivity contribution in [2.24, 2.45) is 0 Å². The van der Waals surface area contributed by atoms with E-state index in [1.165, 1.54) is 6.92 Å². The normalized spacial score (nSPS) is 13.3. The standard InChI is InChI=1S/C20H22N2O4S/c1-14-3-7-18(8-4-14)27(25,26)12-10-20(24)21-17-6-5-16-9-11-22(15(2)23)19(16)13-17/h3-8,13H,9-12H2,1-2H3,(H,21,24). The predicted molar refractivity (Wildman–Crippen MR) is 105 cm³/mol. The highest BCUT2D eigenvalue weighted by atomic mass is 32.2. The summed E-state index contributed by atoms with van der Waals surface area (Å²) in [6.07, 6.45) is 0.654. The van der Waals surface area contributed by atoms with Crippen LogP contribution in [0, 0.1) is 6.92 Å². The van der Waals surface area contributed by atoms with Crippen LogP contribution >= 0.6 is 0 Å². The Bertz CT molecular complexity index is 982. The summed E-state index contributed by atoms with van der Waals surface area (Å²) in [7, 11) is -3.51. The first-order valence-corrected chi connectivity index (χ1v) is 10.4. The second kappa shape index (κ2) is 7.52. The maximum absolute atomic E-state index is 12.3. The number of carbonyl (C=O) groups is 2. The third kappa shape index (κ3) is 4.36. The molecule has 2 aromatic rings. The van der Waals surface area contributed by atoms with Crippen LogP contribution in [-0.2, 0) is 25.8 Å². The molecule has 0 saturated heterocycles. The van der Waals surface area contributed by atoms with Crippen LogP contribution in [0.1, 0.15) is 24.5 Å². The van der Waals surface area contributed by atoms with E-state index in [1.807, 2.05) is 13.0 Å². The maximum Gasteiger partial charge on any atom is 0.225 e. The van der Waals surface area contributed by atoms with Gasteiger partial charge in [-0.25, -0.2) is 8.42 Å². The Morgan fingerprint density at radius 1 is 1.11 bits per heavy atom. The molecule has 1 heterocycles. The van der Waals surface area contributed by atoms with Crippen LogP contribution in [0.2, 0.25) is 0 Å². The topological polar surface area (TPSA) is 83.6 Å². The summed E-state index contributed by atoms with van der Waals surface area (Å²) in [5, 5.41) is 2.72. The van der Waals surface area contributed by atoms with Crippen molar-refractivity contribution in [2.45, 2.75) is 31.6 Å². The molecule has 0 atom stereocenters. The van der Waals surface area contributed by atoms with E-state index in [2.05, 4.69) is 5.32 Å². The van der Waals surface area contributed by atoms with Crippen LogP contribution in [0.5, 0.6) is 0 Å². The van der Waals surface area contributed by atoms with E-state index >= 15 is 0 Å². The summed E-state index contributed by atoms with van der Waals surface area (Å²) in [5.41, 5.74) is 3.39. The number of amides is 2. The summed E-state index contributed by atoms with van der Waals surface area (Å²) < 4.78 is 24.7. The van der Waals surface area contributed by atoms with E-state index < -0.39 is 9.84 Å². The minimum absolute atomic E-state index is 0.0404. The molecule has 0 unspecified atom stereocenters. The predicted octanol–water partition coefficient (Wildman–Crippen LogP) is 2.71. The first-order chi connectivity index (χ1) is 12.8. The minimum atomic E-state index is -3.51. The zero-order valence-electron chi connectivity index (χ0n) is 15.4. The summed E-state index contributed by atoms with van der Waals surface area (Å²) in [5.74, 6) is -0.675. The van der Waals surface area contributed by atoms with Crippen LogP contribution in [0.25, 0.3) is 0 Å². The quantitative estimate of drug-likeness (QED) is 0.856. The Morgan fingerprint density at radius 2 is 1.81 bits per heavy atom. The van der Waals surface area contributed by atoms with Gasteiger partial charge in [-0.3, -0.25) is 9.59 Å². The fraction of sp³-hybridized carbons (Fsp3) is 0.300. The molecular weight excluding hydrogens is 364 g/mol. The highest BCUT2D eigenvalue weighted by molar-refractivity contribution is 7.91. The summed E-state index contributed by atoms with van der Waals surface area (Å²) in [6.45, 7) is 4.03. The van der Waals surface area contributed by atoms with Gasteiger partial charge >= 0.3 is 0 Å². The number of benzene rings is 2. The second-order valence-electron chi connectivity index (χ2n) is 6.69. The van der Waals surface area contributed by atoms with Gasteiger partial charge in [0.15, 0.2) is 9.84 Å². The van der Waals surface area contributed by atoms with Crippen molar-refractivity contribution in [3.63, 3.8) is 0 Å². The number of aryl methyl sites for hydroxylation is 1. The molecule has 6 nitrogen and oxygen atoms in total. The minimum Gasteiger partial charge on any atom is -0.326 e. The number of nitrogens with one attached hydrogen (secondary N) is 1. The van der Waals surface area contributed by atoms with Gasteiger partial charge in [-0.15, -0.1) is 0 Å². The van der Waals surface area contributed by atoms with Gasteiger partial charge in [0.2, 0.25) is 11.8 Å². The zero-order valence-corrected chi connectivity index (χ0v) is 16.2. The number of hydrogen-bond donors (Lipinski definition) is 1. The van der Waals surface area contributed by atoms with Crippen LogP contribution in [0.15, 0.2) is 47.4 Å². The van der Waals surface area contributed by atoms with Crippen molar-refractivity contribution in [3.8, 4) is 0 Å². The Labute approximate surface area is 159 Å². The smallest absolute Gasteiger partial charge is 0.225 e. The summed E-state index contributed by atoms with van der Waals surface area (Å²) in [6, 6.07) is 12.0. The van der Waals surface area contributed by atoms with Gasteiger partial charge in [0, 0.05) is 31.3 Å². The van der Waals surface area contributed by atoms with Gasteiger partial charge in [0.25, 0.3) is 0 Å². The lowest BCUT2D eigenvalue weighted by Gasteiger charge is -2.16. The molecule has 1 N–H and O–H groups in total. The SMILES string of the molecule is CC(=O)N1CCc2ccc(NC(=O)CCS(=O)(=O)c3ccc(C)cc3)cc21. The van der Waals surface area contributed by atoms with E-state index in [9.17, 15) is 18.0 Å². The van der Waals surface area contributed by atoms with E-state index in [0.717, 1.165) is 23.2 Å². The molecule has 1 aliphatic heterocycles. The van der Waals surface area contributed by atoms with E-state index in [-0.39, 0.29) is 28.9 Å². The van der Waals surface area contributed by atoms with Crippen molar-refractivity contribution in [1.29, 1.82) is 0 Å². The number of carbonyl (C=O) groups excluding carboxylic acids is 2. The van der Waals surface area contributed by atoms with Gasteiger partial charge in [-0.05, 0) is 43.2 Å². The molecule has 3 rings (SSSR count). The third-order valence-corrected chi connectivity index (χ3v) is 6.35. The number of nitrogens with zero attached hydrogens (tertiary/aromatic N) is 1. The van der Waals surface area contributed by atoms with Crippen molar-refractivity contribution >= 4 is 33.0 Å². The van der Waals surface area contributed by atoms with Gasteiger partial charge in [0.1, 0.15) is 0 Å². The molecule has 7 heteroatoms. The van der Waals surface area contributed by atoms with Gasteiger partial charge in [-0.2, -0.15) is 0 Å². The molecule has 0 aromatic heterocycles. The van der Waals surface area contributed by atoms with Crippen LogP contribution in [0.3, 0.4) is 0 Å². The fourth-order valence-corrected chi connectivity index (χ4v) is 4.34. The monoisotopic (exact) mass is 386 g/mol. The number of hydrogen-bond acceptors (Lipinski definition) is 4. The van der Waals surface area contributed by atoms with Crippen LogP contribution in [-0.4, -0.2) is 32.5 Å². The molecule has 1 aliphatic rings. The lowest BCUT2D eigenvalue weighted by Crippen LogP contribution is -2.25. The third-order valence-electron chi connectivity index (χ3n) is 4.62. The van der Waals surface area contributed by atoms with E-state index in [4.69, 9.17) is 0 Å². The lowest BCUT2D eigenvalue weighted by atomic mass is 10.1. The second-order valence-corrected chi connectivity index (χ2v) is 8.80. The van der Waals surface area contributed by atoms with E-state index in [0.29, 0.717) is 12.2 Å².